The number of piperazine rings is 1. The summed E-state index contributed by atoms with van der Waals surface area (Å²) in [6, 6.07) is 4.53. The second-order valence-electron chi connectivity index (χ2n) is 6.55. The van der Waals surface area contributed by atoms with Gasteiger partial charge in [-0.3, -0.25) is 15.0 Å². The molecule has 1 aliphatic heterocycles. The lowest BCUT2D eigenvalue weighted by Gasteiger charge is -2.34. The van der Waals surface area contributed by atoms with E-state index in [1.165, 1.54) is 11.1 Å². The number of rotatable bonds is 6. The molecule has 2 aromatic heterocycles. The van der Waals surface area contributed by atoms with Gasteiger partial charge in [0.2, 0.25) is 11.8 Å². The molecule has 1 saturated heterocycles. The summed E-state index contributed by atoms with van der Waals surface area (Å²) in [5.74, 6) is 0.908. The zero-order valence-electron chi connectivity index (χ0n) is 14.1. The highest BCUT2D eigenvalue weighted by molar-refractivity contribution is 9.11. The number of aromatic nitrogens is 2. The van der Waals surface area contributed by atoms with Crippen molar-refractivity contribution in [1.82, 2.24) is 14.9 Å². The van der Waals surface area contributed by atoms with Gasteiger partial charge in [-0.15, -0.1) is 11.3 Å². The largest absolute Gasteiger partial charge is 0.361 e. The first-order chi connectivity index (χ1) is 12.6. The second kappa shape index (κ2) is 7.45. The van der Waals surface area contributed by atoms with Gasteiger partial charge in [-0.2, -0.15) is 4.98 Å². The second-order valence-corrected chi connectivity index (χ2v) is 9.10. The van der Waals surface area contributed by atoms with Crippen molar-refractivity contribution >= 4 is 44.7 Å². The highest BCUT2D eigenvalue weighted by atomic mass is 79.9. The van der Waals surface area contributed by atoms with Crippen molar-refractivity contribution < 1.29 is 4.92 Å². The molecule has 0 atom stereocenters. The van der Waals surface area contributed by atoms with Gasteiger partial charge in [-0.1, -0.05) is 0 Å². The molecule has 4 rings (SSSR count). The molecular formula is C16H19BrN6O2S. The van der Waals surface area contributed by atoms with Gasteiger partial charge in [-0.25, -0.2) is 4.98 Å². The van der Waals surface area contributed by atoms with Crippen LogP contribution in [-0.2, 0) is 6.54 Å². The summed E-state index contributed by atoms with van der Waals surface area (Å²) in [6.45, 7) is 4.41. The predicted molar refractivity (Wildman–Crippen MR) is 105 cm³/mol. The molecule has 26 heavy (non-hydrogen) atoms. The maximum atomic E-state index is 11.2. The Balaban J connectivity index is 1.41. The molecule has 1 N–H and O–H groups in total. The van der Waals surface area contributed by atoms with Gasteiger partial charge in [0.05, 0.1) is 8.71 Å². The molecule has 0 aromatic carbocycles. The molecule has 8 nitrogen and oxygen atoms in total. The summed E-state index contributed by atoms with van der Waals surface area (Å²) in [4.78, 5) is 25.3. The van der Waals surface area contributed by atoms with E-state index in [-0.39, 0.29) is 5.69 Å². The van der Waals surface area contributed by atoms with Crippen LogP contribution in [0.4, 0.5) is 17.5 Å². The van der Waals surface area contributed by atoms with E-state index in [0.717, 1.165) is 49.4 Å². The van der Waals surface area contributed by atoms with E-state index in [4.69, 9.17) is 0 Å². The van der Waals surface area contributed by atoms with E-state index >= 15 is 0 Å². The van der Waals surface area contributed by atoms with Gasteiger partial charge >= 0.3 is 5.69 Å². The Morgan fingerprint density at radius 3 is 2.69 bits per heavy atom. The summed E-state index contributed by atoms with van der Waals surface area (Å²) < 4.78 is 1.15. The lowest BCUT2D eigenvalue weighted by Crippen LogP contribution is -2.46. The lowest BCUT2D eigenvalue weighted by atomic mass is 10.3. The quantitative estimate of drug-likeness (QED) is 0.547. The van der Waals surface area contributed by atoms with Gasteiger partial charge in [0.25, 0.3) is 0 Å². The first-order valence-electron chi connectivity index (χ1n) is 8.58. The SMILES string of the molecule is O=[N+]([O-])c1cnc(N2CCN(Cc3ccc(Br)s3)CC2)nc1NC1CC1. The van der Waals surface area contributed by atoms with E-state index in [9.17, 15) is 10.1 Å². The van der Waals surface area contributed by atoms with Crippen LogP contribution < -0.4 is 10.2 Å². The minimum Gasteiger partial charge on any atom is -0.361 e. The number of hydrogen-bond acceptors (Lipinski definition) is 8. The van der Waals surface area contributed by atoms with Crippen molar-refractivity contribution in [2.24, 2.45) is 0 Å². The van der Waals surface area contributed by atoms with E-state index in [2.05, 4.69) is 53.1 Å². The minimum absolute atomic E-state index is 0.0532. The Labute approximate surface area is 163 Å². The van der Waals surface area contributed by atoms with Crippen molar-refractivity contribution in [3.63, 3.8) is 0 Å². The van der Waals surface area contributed by atoms with Crippen LogP contribution in [0, 0.1) is 10.1 Å². The molecule has 1 aliphatic carbocycles. The van der Waals surface area contributed by atoms with Crippen molar-refractivity contribution in [2.45, 2.75) is 25.4 Å². The third kappa shape index (κ3) is 4.13. The molecule has 2 aliphatic rings. The lowest BCUT2D eigenvalue weighted by molar-refractivity contribution is -0.384. The minimum atomic E-state index is -0.425. The topological polar surface area (TPSA) is 87.4 Å². The number of anilines is 2. The molecule has 2 fully saturated rings. The van der Waals surface area contributed by atoms with Gasteiger partial charge in [0.1, 0.15) is 6.20 Å². The van der Waals surface area contributed by atoms with Crippen LogP contribution >= 0.6 is 27.3 Å². The van der Waals surface area contributed by atoms with E-state index in [1.54, 1.807) is 11.3 Å². The number of hydrogen-bond donors (Lipinski definition) is 1. The van der Waals surface area contributed by atoms with Crippen molar-refractivity contribution in [3.05, 3.63) is 37.1 Å². The Hall–Kier alpha value is -1.78. The maximum Gasteiger partial charge on any atom is 0.329 e. The summed E-state index contributed by atoms with van der Waals surface area (Å²) in [7, 11) is 0. The number of nitrogens with zero attached hydrogens (tertiary/aromatic N) is 5. The Morgan fingerprint density at radius 1 is 1.31 bits per heavy atom. The third-order valence-electron chi connectivity index (χ3n) is 4.54. The molecule has 138 valence electrons. The first-order valence-corrected chi connectivity index (χ1v) is 10.2. The molecule has 0 amide bonds. The van der Waals surface area contributed by atoms with E-state index < -0.39 is 4.92 Å². The summed E-state index contributed by atoms with van der Waals surface area (Å²) in [6.07, 6.45) is 3.39. The van der Waals surface area contributed by atoms with Crippen LogP contribution in [0.25, 0.3) is 0 Å². The van der Waals surface area contributed by atoms with Crippen molar-refractivity contribution in [3.8, 4) is 0 Å². The number of nitrogens with one attached hydrogen (secondary N) is 1. The zero-order valence-corrected chi connectivity index (χ0v) is 16.5. The molecule has 3 heterocycles. The standard InChI is InChI=1S/C16H19BrN6O2S/c17-14-4-3-12(26-14)10-21-5-7-22(8-6-21)16-18-9-13(23(24)25)15(20-16)19-11-1-2-11/h3-4,9,11H,1-2,5-8,10H2,(H,18,19,20). The van der Waals surface area contributed by atoms with E-state index in [0.29, 0.717) is 17.8 Å². The fourth-order valence-corrected chi connectivity index (χ4v) is 4.47. The summed E-state index contributed by atoms with van der Waals surface area (Å²) >= 11 is 5.26. The average Bonchev–Trinajstić information content (AvgIpc) is 3.35. The number of halogens is 1. The Bertz CT molecular complexity index is 804. The predicted octanol–water partition coefficient (Wildman–Crippen LogP) is 3.11. The van der Waals surface area contributed by atoms with Crippen molar-refractivity contribution in [2.75, 3.05) is 36.4 Å². The first kappa shape index (κ1) is 17.6. The maximum absolute atomic E-state index is 11.2. The van der Waals surface area contributed by atoms with Crippen LogP contribution in [-0.4, -0.2) is 52.0 Å². The summed E-state index contributed by atoms with van der Waals surface area (Å²) in [5.41, 5.74) is -0.0532. The van der Waals surface area contributed by atoms with Gasteiger partial charge in [0.15, 0.2) is 0 Å². The smallest absolute Gasteiger partial charge is 0.329 e. The monoisotopic (exact) mass is 438 g/mol. The Morgan fingerprint density at radius 2 is 2.08 bits per heavy atom. The van der Waals surface area contributed by atoms with Crippen LogP contribution in [0.2, 0.25) is 0 Å². The molecule has 0 unspecified atom stereocenters. The van der Waals surface area contributed by atoms with Gasteiger partial charge in [0, 0.05) is 43.6 Å². The zero-order chi connectivity index (χ0) is 18.1. The van der Waals surface area contributed by atoms with Crippen LogP contribution in [0.15, 0.2) is 22.1 Å². The summed E-state index contributed by atoms with van der Waals surface area (Å²) in [5, 5.41) is 14.3. The molecule has 10 heteroatoms. The molecule has 0 spiro atoms. The fraction of sp³-hybridized carbons (Fsp3) is 0.500. The number of thiophene rings is 1. The number of nitro groups is 1. The van der Waals surface area contributed by atoms with Gasteiger partial charge in [-0.05, 0) is 40.9 Å². The van der Waals surface area contributed by atoms with E-state index in [1.807, 2.05) is 0 Å². The highest BCUT2D eigenvalue weighted by Crippen LogP contribution is 2.30. The molecule has 1 saturated carbocycles. The molecule has 2 aromatic rings. The van der Waals surface area contributed by atoms with Crippen LogP contribution in [0.5, 0.6) is 0 Å². The highest BCUT2D eigenvalue weighted by Gasteiger charge is 2.28. The Kier molecular flexibility index (Phi) is 5.05. The molecule has 0 radical (unpaired) electrons. The third-order valence-corrected chi connectivity index (χ3v) is 6.14. The molecule has 0 bridgehead atoms. The molecular weight excluding hydrogens is 420 g/mol. The van der Waals surface area contributed by atoms with Crippen LogP contribution in [0.1, 0.15) is 17.7 Å². The van der Waals surface area contributed by atoms with Crippen molar-refractivity contribution in [1.29, 1.82) is 0 Å². The van der Waals surface area contributed by atoms with Gasteiger partial charge < -0.3 is 10.2 Å². The normalized spacial score (nSPS) is 18.1. The fourth-order valence-electron chi connectivity index (χ4n) is 2.94. The average molecular weight is 439 g/mol. The van der Waals surface area contributed by atoms with Crippen LogP contribution in [0.3, 0.4) is 0 Å².